The summed E-state index contributed by atoms with van der Waals surface area (Å²) in [4.78, 5) is 28.5. The van der Waals surface area contributed by atoms with Crippen LogP contribution in [0.2, 0.25) is 0 Å². The summed E-state index contributed by atoms with van der Waals surface area (Å²) in [7, 11) is 1.60. The van der Waals surface area contributed by atoms with Gasteiger partial charge in [-0.05, 0) is 35.9 Å². The molecule has 0 aliphatic carbocycles. The molecule has 23 heavy (non-hydrogen) atoms. The van der Waals surface area contributed by atoms with Gasteiger partial charge in [0, 0.05) is 38.6 Å². The first-order valence-corrected chi connectivity index (χ1v) is 6.94. The number of amides is 3. The molecule has 1 aromatic heterocycles. The lowest BCUT2D eigenvalue weighted by Crippen LogP contribution is -2.31. The molecule has 120 valence electrons. The van der Waals surface area contributed by atoms with Crippen LogP contribution in [-0.4, -0.2) is 28.9 Å². The van der Waals surface area contributed by atoms with Crippen LogP contribution in [0, 0.1) is 5.82 Å². The Bertz CT molecular complexity index is 706. The Morgan fingerprint density at radius 1 is 1.17 bits per heavy atom. The van der Waals surface area contributed by atoms with Gasteiger partial charge in [-0.25, -0.2) is 9.18 Å². The number of hydrogen-bond acceptors (Lipinski definition) is 3. The summed E-state index contributed by atoms with van der Waals surface area (Å²) >= 11 is 0. The number of anilines is 2. The SMILES string of the molecule is CC(=O)Nc1ccc(F)c(NC(=O)N(C)Cc2ccncc2)c1. The summed E-state index contributed by atoms with van der Waals surface area (Å²) in [6.07, 6.45) is 3.27. The Morgan fingerprint density at radius 3 is 2.52 bits per heavy atom. The van der Waals surface area contributed by atoms with Gasteiger partial charge in [-0.3, -0.25) is 9.78 Å². The molecule has 2 N–H and O–H groups in total. The maximum Gasteiger partial charge on any atom is 0.321 e. The first-order chi connectivity index (χ1) is 11.0. The minimum absolute atomic E-state index is 0.00262. The van der Waals surface area contributed by atoms with Gasteiger partial charge in [-0.2, -0.15) is 0 Å². The molecule has 0 bridgehead atoms. The number of urea groups is 1. The van der Waals surface area contributed by atoms with E-state index in [1.165, 1.54) is 30.0 Å². The molecule has 7 heteroatoms. The predicted molar refractivity (Wildman–Crippen MR) is 85.4 cm³/mol. The van der Waals surface area contributed by atoms with Gasteiger partial charge in [0.15, 0.2) is 0 Å². The van der Waals surface area contributed by atoms with Crippen molar-refractivity contribution in [1.82, 2.24) is 9.88 Å². The number of hydrogen-bond donors (Lipinski definition) is 2. The number of pyridine rings is 1. The van der Waals surface area contributed by atoms with Crippen LogP contribution in [0.15, 0.2) is 42.7 Å². The smallest absolute Gasteiger partial charge is 0.321 e. The molecule has 0 radical (unpaired) electrons. The molecule has 0 aliphatic rings. The zero-order chi connectivity index (χ0) is 16.8. The first-order valence-electron chi connectivity index (χ1n) is 6.94. The zero-order valence-electron chi connectivity index (χ0n) is 12.8. The van der Waals surface area contributed by atoms with Crippen LogP contribution in [0.1, 0.15) is 12.5 Å². The predicted octanol–water partition coefficient (Wildman–Crippen LogP) is 2.84. The standard InChI is InChI=1S/C16H17FN4O2/c1-11(22)19-13-3-4-14(17)15(9-13)20-16(23)21(2)10-12-5-7-18-8-6-12/h3-9H,10H2,1-2H3,(H,19,22)(H,20,23). The first kappa shape index (κ1) is 16.4. The van der Waals surface area contributed by atoms with Gasteiger partial charge < -0.3 is 15.5 Å². The van der Waals surface area contributed by atoms with E-state index in [9.17, 15) is 14.0 Å². The highest BCUT2D eigenvalue weighted by atomic mass is 19.1. The average molecular weight is 316 g/mol. The molecular formula is C16H17FN4O2. The zero-order valence-corrected chi connectivity index (χ0v) is 12.8. The van der Waals surface area contributed by atoms with Crippen molar-refractivity contribution in [3.8, 4) is 0 Å². The Morgan fingerprint density at radius 2 is 1.87 bits per heavy atom. The monoisotopic (exact) mass is 316 g/mol. The summed E-state index contributed by atoms with van der Waals surface area (Å²) < 4.78 is 13.8. The molecule has 0 atom stereocenters. The number of nitrogens with zero attached hydrogens (tertiary/aromatic N) is 2. The third-order valence-electron chi connectivity index (χ3n) is 3.04. The maximum atomic E-state index is 13.8. The number of benzene rings is 1. The van der Waals surface area contributed by atoms with Gasteiger partial charge in [-0.15, -0.1) is 0 Å². The third kappa shape index (κ3) is 4.77. The molecule has 1 heterocycles. The van der Waals surface area contributed by atoms with Gasteiger partial charge >= 0.3 is 6.03 Å². The maximum absolute atomic E-state index is 13.8. The summed E-state index contributed by atoms with van der Waals surface area (Å²) in [5.41, 5.74) is 1.32. The van der Waals surface area contributed by atoms with Crippen LogP contribution in [-0.2, 0) is 11.3 Å². The lowest BCUT2D eigenvalue weighted by atomic mass is 10.2. The van der Waals surface area contributed by atoms with E-state index in [1.54, 1.807) is 31.6 Å². The molecule has 0 fully saturated rings. The number of rotatable bonds is 4. The summed E-state index contributed by atoms with van der Waals surface area (Å²) in [5, 5.41) is 5.03. The van der Waals surface area contributed by atoms with E-state index in [-0.39, 0.29) is 11.6 Å². The Balaban J connectivity index is 2.05. The van der Waals surface area contributed by atoms with Crippen molar-refractivity contribution in [2.45, 2.75) is 13.5 Å². The molecule has 0 aliphatic heterocycles. The van der Waals surface area contributed by atoms with Crippen LogP contribution < -0.4 is 10.6 Å². The van der Waals surface area contributed by atoms with Crippen molar-refractivity contribution >= 4 is 23.3 Å². The Labute approximate surface area is 133 Å². The topological polar surface area (TPSA) is 74.3 Å². The van der Waals surface area contributed by atoms with Crippen LogP contribution in [0.5, 0.6) is 0 Å². The molecule has 6 nitrogen and oxygen atoms in total. The molecule has 3 amide bonds. The Kier molecular flexibility index (Phi) is 5.24. The van der Waals surface area contributed by atoms with Crippen molar-refractivity contribution in [2.75, 3.05) is 17.7 Å². The fourth-order valence-electron chi connectivity index (χ4n) is 1.95. The molecule has 0 spiro atoms. The van der Waals surface area contributed by atoms with Crippen LogP contribution in [0.25, 0.3) is 0 Å². The van der Waals surface area contributed by atoms with Crippen molar-refractivity contribution in [3.05, 3.63) is 54.1 Å². The highest BCUT2D eigenvalue weighted by Gasteiger charge is 2.12. The second kappa shape index (κ2) is 7.35. The largest absolute Gasteiger partial charge is 0.326 e. The molecular weight excluding hydrogens is 299 g/mol. The number of carbonyl (C=O) groups is 2. The molecule has 1 aromatic carbocycles. The van der Waals surface area contributed by atoms with E-state index in [1.807, 2.05) is 0 Å². The van der Waals surface area contributed by atoms with E-state index in [4.69, 9.17) is 0 Å². The number of aromatic nitrogens is 1. The van der Waals surface area contributed by atoms with Gasteiger partial charge in [0.2, 0.25) is 5.91 Å². The average Bonchev–Trinajstić information content (AvgIpc) is 2.51. The molecule has 0 saturated carbocycles. The van der Waals surface area contributed by atoms with Crippen molar-refractivity contribution in [1.29, 1.82) is 0 Å². The van der Waals surface area contributed by atoms with E-state index < -0.39 is 11.8 Å². The summed E-state index contributed by atoms with van der Waals surface area (Å²) in [6.45, 7) is 1.71. The summed E-state index contributed by atoms with van der Waals surface area (Å²) in [5.74, 6) is -0.853. The number of halogens is 1. The second-order valence-corrected chi connectivity index (χ2v) is 5.02. The molecule has 0 unspecified atom stereocenters. The van der Waals surface area contributed by atoms with Crippen molar-refractivity contribution < 1.29 is 14.0 Å². The number of nitrogens with one attached hydrogen (secondary N) is 2. The molecule has 2 aromatic rings. The van der Waals surface area contributed by atoms with E-state index in [0.717, 1.165) is 5.56 Å². The third-order valence-corrected chi connectivity index (χ3v) is 3.04. The fourth-order valence-corrected chi connectivity index (χ4v) is 1.95. The minimum Gasteiger partial charge on any atom is -0.326 e. The van der Waals surface area contributed by atoms with Gasteiger partial charge in [-0.1, -0.05) is 0 Å². The Hall–Kier alpha value is -2.96. The van der Waals surface area contributed by atoms with Crippen molar-refractivity contribution in [3.63, 3.8) is 0 Å². The van der Waals surface area contributed by atoms with Crippen molar-refractivity contribution in [2.24, 2.45) is 0 Å². The van der Waals surface area contributed by atoms with Crippen LogP contribution in [0.3, 0.4) is 0 Å². The van der Waals surface area contributed by atoms with Gasteiger partial charge in [0.1, 0.15) is 5.82 Å². The minimum atomic E-state index is -0.579. The lowest BCUT2D eigenvalue weighted by molar-refractivity contribution is -0.114. The molecule has 2 rings (SSSR count). The van der Waals surface area contributed by atoms with E-state index in [2.05, 4.69) is 15.6 Å². The van der Waals surface area contributed by atoms with Gasteiger partial charge in [0.05, 0.1) is 5.69 Å². The fraction of sp³-hybridized carbons (Fsp3) is 0.188. The van der Waals surface area contributed by atoms with E-state index in [0.29, 0.717) is 12.2 Å². The normalized spacial score (nSPS) is 10.0. The quantitative estimate of drug-likeness (QED) is 0.911. The van der Waals surface area contributed by atoms with Gasteiger partial charge in [0.25, 0.3) is 0 Å². The lowest BCUT2D eigenvalue weighted by Gasteiger charge is -2.18. The van der Waals surface area contributed by atoms with Crippen LogP contribution >= 0.6 is 0 Å². The number of carbonyl (C=O) groups excluding carboxylic acids is 2. The highest BCUT2D eigenvalue weighted by Crippen LogP contribution is 2.20. The van der Waals surface area contributed by atoms with E-state index >= 15 is 0 Å². The van der Waals surface area contributed by atoms with Crippen LogP contribution in [0.4, 0.5) is 20.6 Å². The second-order valence-electron chi connectivity index (χ2n) is 5.02. The summed E-state index contributed by atoms with van der Waals surface area (Å²) in [6, 6.07) is 7.11. The molecule has 0 saturated heterocycles. The highest BCUT2D eigenvalue weighted by molar-refractivity contribution is 5.92.